The molecule has 0 bridgehead atoms. The van der Waals surface area contributed by atoms with Crippen LogP contribution in [0, 0.1) is 0 Å². The SMILES string of the molecule is CCS(=O)(=O)c1ccc(CC(=O)Nc2nc(C3CCCCC3)cs2)cc1. The fourth-order valence-electron chi connectivity index (χ4n) is 3.26. The van der Waals surface area contributed by atoms with E-state index in [-0.39, 0.29) is 18.1 Å². The molecular formula is C19H24N2O3S2. The normalized spacial score (nSPS) is 15.7. The highest BCUT2D eigenvalue weighted by molar-refractivity contribution is 7.91. The third-order valence-electron chi connectivity index (χ3n) is 4.82. The van der Waals surface area contributed by atoms with Crippen molar-refractivity contribution in [2.45, 2.75) is 56.3 Å². The number of anilines is 1. The number of benzene rings is 1. The molecule has 1 fully saturated rings. The first-order chi connectivity index (χ1) is 12.5. The predicted molar refractivity (Wildman–Crippen MR) is 104 cm³/mol. The summed E-state index contributed by atoms with van der Waals surface area (Å²) in [6.07, 6.45) is 6.39. The quantitative estimate of drug-likeness (QED) is 0.801. The minimum atomic E-state index is -3.21. The Kier molecular flexibility index (Phi) is 6.09. The third kappa shape index (κ3) is 4.71. The average Bonchev–Trinajstić information content (AvgIpc) is 3.11. The molecule has 7 heteroatoms. The van der Waals surface area contributed by atoms with Gasteiger partial charge in [-0.25, -0.2) is 13.4 Å². The predicted octanol–water partition coefficient (Wildman–Crippen LogP) is 4.17. The lowest BCUT2D eigenvalue weighted by Crippen LogP contribution is -2.14. The number of aromatic nitrogens is 1. The van der Waals surface area contributed by atoms with E-state index in [0.717, 1.165) is 11.3 Å². The van der Waals surface area contributed by atoms with Gasteiger partial charge in [0.05, 0.1) is 22.8 Å². The van der Waals surface area contributed by atoms with Gasteiger partial charge >= 0.3 is 0 Å². The Hall–Kier alpha value is -1.73. The van der Waals surface area contributed by atoms with E-state index >= 15 is 0 Å². The third-order valence-corrected chi connectivity index (χ3v) is 7.35. The zero-order chi connectivity index (χ0) is 18.6. The van der Waals surface area contributed by atoms with Gasteiger partial charge in [-0.1, -0.05) is 38.3 Å². The summed E-state index contributed by atoms with van der Waals surface area (Å²) in [5.41, 5.74) is 1.88. The van der Waals surface area contributed by atoms with Crippen LogP contribution in [0.15, 0.2) is 34.5 Å². The Morgan fingerprint density at radius 3 is 2.54 bits per heavy atom. The average molecular weight is 393 g/mol. The van der Waals surface area contributed by atoms with Crippen molar-refractivity contribution in [1.82, 2.24) is 4.98 Å². The molecule has 0 radical (unpaired) electrons. The van der Waals surface area contributed by atoms with Gasteiger partial charge in [0.25, 0.3) is 0 Å². The van der Waals surface area contributed by atoms with Gasteiger partial charge in [-0.05, 0) is 30.5 Å². The Balaban J connectivity index is 1.58. The van der Waals surface area contributed by atoms with Crippen LogP contribution in [0.1, 0.15) is 56.2 Å². The molecule has 0 spiro atoms. The lowest BCUT2D eigenvalue weighted by Gasteiger charge is -2.19. The van der Waals surface area contributed by atoms with Gasteiger partial charge in [0.15, 0.2) is 15.0 Å². The van der Waals surface area contributed by atoms with E-state index in [0.29, 0.717) is 15.9 Å². The van der Waals surface area contributed by atoms with Crippen LogP contribution in [0.3, 0.4) is 0 Å². The number of carbonyl (C=O) groups is 1. The van der Waals surface area contributed by atoms with Crippen molar-refractivity contribution in [2.24, 2.45) is 0 Å². The first-order valence-electron chi connectivity index (χ1n) is 9.05. The molecule has 3 rings (SSSR count). The number of thiazole rings is 1. The maximum absolute atomic E-state index is 12.2. The molecule has 0 unspecified atom stereocenters. The second-order valence-corrected chi connectivity index (χ2v) is 9.82. The number of amides is 1. The standard InChI is InChI=1S/C19H24N2O3S2/c1-2-26(23,24)16-10-8-14(9-11-16)12-18(22)21-19-20-17(13-25-19)15-6-4-3-5-7-15/h8-11,13,15H,2-7,12H2,1H3,(H,20,21,22). The lowest BCUT2D eigenvalue weighted by atomic mass is 9.87. The second kappa shape index (κ2) is 8.31. The van der Waals surface area contributed by atoms with Gasteiger partial charge < -0.3 is 5.32 Å². The Morgan fingerprint density at radius 1 is 1.19 bits per heavy atom. The van der Waals surface area contributed by atoms with Gasteiger partial charge in [-0.2, -0.15) is 0 Å². The zero-order valence-electron chi connectivity index (χ0n) is 14.9. The first kappa shape index (κ1) is 19.0. The van der Waals surface area contributed by atoms with Crippen LogP contribution in [0.4, 0.5) is 5.13 Å². The second-order valence-electron chi connectivity index (χ2n) is 6.68. The molecular weight excluding hydrogens is 368 g/mol. The minimum Gasteiger partial charge on any atom is -0.302 e. The summed E-state index contributed by atoms with van der Waals surface area (Å²) < 4.78 is 23.6. The van der Waals surface area contributed by atoms with Gasteiger partial charge in [0.2, 0.25) is 5.91 Å². The summed E-state index contributed by atoms with van der Waals surface area (Å²) in [6, 6.07) is 6.51. The summed E-state index contributed by atoms with van der Waals surface area (Å²) in [5.74, 6) is 0.458. The molecule has 26 heavy (non-hydrogen) atoms. The minimum absolute atomic E-state index is 0.0697. The van der Waals surface area contributed by atoms with E-state index in [1.807, 2.05) is 0 Å². The number of sulfone groups is 1. The molecule has 140 valence electrons. The summed E-state index contributed by atoms with van der Waals surface area (Å²) >= 11 is 1.47. The van der Waals surface area contributed by atoms with Crippen LogP contribution in [-0.2, 0) is 21.1 Å². The van der Waals surface area contributed by atoms with Crippen molar-refractivity contribution in [2.75, 3.05) is 11.1 Å². The summed E-state index contributed by atoms with van der Waals surface area (Å²) in [6.45, 7) is 1.62. The number of hydrogen-bond donors (Lipinski definition) is 1. The van der Waals surface area contributed by atoms with Gasteiger partial charge in [-0.15, -0.1) is 11.3 Å². The Bertz CT molecular complexity index is 851. The highest BCUT2D eigenvalue weighted by Crippen LogP contribution is 2.34. The summed E-state index contributed by atoms with van der Waals surface area (Å²) in [7, 11) is -3.21. The molecule has 0 aliphatic heterocycles. The number of rotatable bonds is 6. The van der Waals surface area contributed by atoms with E-state index in [9.17, 15) is 13.2 Å². The molecule has 1 aromatic heterocycles. The first-order valence-corrected chi connectivity index (χ1v) is 11.6. The topological polar surface area (TPSA) is 76.1 Å². The van der Waals surface area contributed by atoms with E-state index in [1.54, 1.807) is 31.2 Å². The largest absolute Gasteiger partial charge is 0.302 e. The van der Waals surface area contributed by atoms with Crippen molar-refractivity contribution in [3.05, 3.63) is 40.9 Å². The van der Waals surface area contributed by atoms with Crippen LogP contribution in [0.5, 0.6) is 0 Å². The maximum Gasteiger partial charge on any atom is 0.230 e. The molecule has 0 saturated heterocycles. The van der Waals surface area contributed by atoms with Crippen molar-refractivity contribution < 1.29 is 13.2 Å². The van der Waals surface area contributed by atoms with E-state index < -0.39 is 9.84 Å². The Morgan fingerprint density at radius 2 is 1.88 bits per heavy atom. The van der Waals surface area contributed by atoms with E-state index in [4.69, 9.17) is 0 Å². The van der Waals surface area contributed by atoms with Crippen LogP contribution >= 0.6 is 11.3 Å². The summed E-state index contributed by atoms with van der Waals surface area (Å²) in [4.78, 5) is 17.1. The van der Waals surface area contributed by atoms with Gasteiger partial charge in [0.1, 0.15) is 0 Å². The number of nitrogens with zero attached hydrogens (tertiary/aromatic N) is 1. The number of nitrogens with one attached hydrogen (secondary N) is 1. The van der Waals surface area contributed by atoms with Crippen molar-refractivity contribution >= 4 is 32.2 Å². The van der Waals surface area contributed by atoms with Crippen molar-refractivity contribution in [1.29, 1.82) is 0 Å². The highest BCUT2D eigenvalue weighted by atomic mass is 32.2. The Labute approximate surface area is 158 Å². The molecule has 1 amide bonds. The molecule has 1 aromatic carbocycles. The molecule has 1 aliphatic rings. The van der Waals surface area contributed by atoms with E-state index in [2.05, 4.69) is 15.7 Å². The molecule has 2 aromatic rings. The van der Waals surface area contributed by atoms with Crippen LogP contribution in [-0.4, -0.2) is 25.1 Å². The molecule has 5 nitrogen and oxygen atoms in total. The highest BCUT2D eigenvalue weighted by Gasteiger charge is 2.19. The maximum atomic E-state index is 12.2. The molecule has 1 heterocycles. The fourth-order valence-corrected chi connectivity index (χ4v) is 4.95. The van der Waals surface area contributed by atoms with Crippen molar-refractivity contribution in [3.63, 3.8) is 0 Å². The smallest absolute Gasteiger partial charge is 0.230 e. The van der Waals surface area contributed by atoms with Crippen molar-refractivity contribution in [3.8, 4) is 0 Å². The number of hydrogen-bond acceptors (Lipinski definition) is 5. The molecule has 1 aliphatic carbocycles. The zero-order valence-corrected chi connectivity index (χ0v) is 16.5. The van der Waals surface area contributed by atoms with Crippen LogP contribution in [0.25, 0.3) is 0 Å². The summed E-state index contributed by atoms with van der Waals surface area (Å²) in [5, 5.41) is 5.55. The monoisotopic (exact) mass is 392 g/mol. The van der Waals surface area contributed by atoms with E-state index in [1.165, 1.54) is 43.4 Å². The molecule has 1 N–H and O–H groups in total. The fraction of sp³-hybridized carbons (Fsp3) is 0.474. The van der Waals surface area contributed by atoms with Gasteiger partial charge in [0, 0.05) is 11.3 Å². The van der Waals surface area contributed by atoms with Gasteiger partial charge in [-0.3, -0.25) is 4.79 Å². The number of carbonyl (C=O) groups excluding carboxylic acids is 1. The lowest BCUT2D eigenvalue weighted by molar-refractivity contribution is -0.115. The van der Waals surface area contributed by atoms with Crippen LogP contribution in [0.2, 0.25) is 0 Å². The molecule has 1 saturated carbocycles. The van der Waals surface area contributed by atoms with Crippen LogP contribution < -0.4 is 5.32 Å². The molecule has 0 atom stereocenters.